The number of carbonyl (C=O) groups is 3. The molecule has 0 aromatic carbocycles. The molecule has 0 spiro atoms. The van der Waals surface area contributed by atoms with Crippen molar-refractivity contribution in [3.63, 3.8) is 0 Å². The van der Waals surface area contributed by atoms with Crippen LogP contribution in [0.4, 0.5) is 0 Å². The molecule has 2 saturated heterocycles. The number of H-pyrrole nitrogens is 3. The molecule has 3 aromatic heterocycles. The first-order chi connectivity index (χ1) is 25.4. The number of esters is 1. The quantitative estimate of drug-likeness (QED) is 0.0527. The van der Waals surface area contributed by atoms with E-state index in [9.17, 15) is 19.5 Å². The lowest BCUT2D eigenvalue weighted by Gasteiger charge is -2.20. The summed E-state index contributed by atoms with van der Waals surface area (Å²) in [6.45, 7) is 16.6. The molecule has 4 atom stereocenters. The van der Waals surface area contributed by atoms with Crippen LogP contribution >= 0.6 is 0 Å². The molecule has 2 fully saturated rings. The number of aromatic nitrogens is 3. The van der Waals surface area contributed by atoms with Crippen molar-refractivity contribution in [1.29, 1.82) is 0 Å². The zero-order chi connectivity index (χ0) is 37.9. The van der Waals surface area contributed by atoms with E-state index < -0.39 is 11.8 Å². The van der Waals surface area contributed by atoms with Gasteiger partial charge in [0.2, 0.25) is 0 Å². The number of ether oxygens (including phenoxy) is 1. The molecular weight excluding hydrogens is 670 g/mol. The fourth-order valence-electron chi connectivity index (χ4n) is 8.53. The number of rotatable bonds is 11. The molecular formula is C42H50N5O6+. The number of fused-ring (bicyclic) bond motifs is 7. The van der Waals surface area contributed by atoms with Crippen LogP contribution in [0.2, 0.25) is 0 Å². The third-order valence-corrected chi connectivity index (χ3v) is 11.6. The van der Waals surface area contributed by atoms with Gasteiger partial charge >= 0.3 is 11.9 Å². The van der Waals surface area contributed by atoms with Crippen LogP contribution in [0.15, 0.2) is 29.6 Å². The average Bonchev–Trinajstić information content (AvgIpc) is 3.56. The molecule has 3 aliphatic heterocycles. The van der Waals surface area contributed by atoms with Gasteiger partial charge in [-0.15, -0.1) is 0 Å². The van der Waals surface area contributed by atoms with Gasteiger partial charge in [0.1, 0.15) is 6.61 Å². The summed E-state index contributed by atoms with van der Waals surface area (Å²) in [6.07, 6.45) is 13.9. The fraction of sp³-hybridized carbons (Fsp3) is 0.405. The summed E-state index contributed by atoms with van der Waals surface area (Å²) >= 11 is 0. The average molecular weight is 721 g/mol. The lowest BCUT2D eigenvalue weighted by Crippen LogP contribution is -2.34. The van der Waals surface area contributed by atoms with E-state index in [0.29, 0.717) is 40.6 Å². The molecule has 53 heavy (non-hydrogen) atoms. The molecule has 0 amide bonds. The van der Waals surface area contributed by atoms with Crippen LogP contribution in [0.1, 0.15) is 119 Å². The summed E-state index contributed by atoms with van der Waals surface area (Å²) in [5.41, 5.74) is 14.1. The minimum absolute atomic E-state index is 0.0941. The number of nitrogens with one attached hydrogen (secondary N) is 5. The summed E-state index contributed by atoms with van der Waals surface area (Å²) in [4.78, 5) is 50.9. The van der Waals surface area contributed by atoms with E-state index >= 15 is 0 Å². The van der Waals surface area contributed by atoms with Gasteiger partial charge in [-0.1, -0.05) is 45.4 Å². The molecule has 1 aliphatic carbocycles. The second-order valence-electron chi connectivity index (χ2n) is 14.8. The molecule has 4 aliphatic rings. The Morgan fingerprint density at radius 3 is 2.42 bits per heavy atom. The maximum Gasteiger partial charge on any atom is 0.433 e. The van der Waals surface area contributed by atoms with Crippen LogP contribution in [0, 0.1) is 31.6 Å². The van der Waals surface area contributed by atoms with Gasteiger partial charge in [0, 0.05) is 79.8 Å². The van der Waals surface area contributed by atoms with Crippen molar-refractivity contribution in [2.75, 3.05) is 13.7 Å². The molecule has 3 aromatic rings. The van der Waals surface area contributed by atoms with Crippen molar-refractivity contribution >= 4 is 47.9 Å². The fourth-order valence-corrected chi connectivity index (χ4v) is 8.53. The highest BCUT2D eigenvalue weighted by atomic mass is 17.0. The predicted octanol–water partition coefficient (Wildman–Crippen LogP) is 5.11. The van der Waals surface area contributed by atoms with Crippen molar-refractivity contribution in [3.05, 3.63) is 96.5 Å². The van der Waals surface area contributed by atoms with E-state index in [4.69, 9.17) is 4.74 Å². The number of Topliss-reactive ketones (excluding diaryl/α,β-unsaturated/α-hetero) is 1. The summed E-state index contributed by atoms with van der Waals surface area (Å²) < 4.78 is 8.10. The van der Waals surface area contributed by atoms with Gasteiger partial charge < -0.3 is 30.1 Å². The minimum atomic E-state index is -1.66. The molecule has 278 valence electrons. The molecule has 8 bridgehead atoms. The molecule has 6 heterocycles. The summed E-state index contributed by atoms with van der Waals surface area (Å²) in [7, 11) is 1.63. The van der Waals surface area contributed by atoms with Crippen LogP contribution in [0.3, 0.4) is 0 Å². The largest absolute Gasteiger partial charge is 0.461 e. The zero-order valence-corrected chi connectivity index (χ0v) is 31.6. The Morgan fingerprint density at radius 1 is 1.04 bits per heavy atom. The predicted molar refractivity (Wildman–Crippen MR) is 206 cm³/mol. The van der Waals surface area contributed by atoms with Crippen LogP contribution in [0.5, 0.6) is 0 Å². The van der Waals surface area contributed by atoms with E-state index in [2.05, 4.69) is 56.7 Å². The van der Waals surface area contributed by atoms with Crippen LogP contribution in [0.25, 0.3) is 29.9 Å². The van der Waals surface area contributed by atoms with Crippen molar-refractivity contribution in [1.82, 2.24) is 25.7 Å². The first-order valence-electron chi connectivity index (χ1n) is 18.6. The highest BCUT2D eigenvalue weighted by Gasteiger charge is 2.72. The SMILES string of the molecule is C=Cc1c2[nH]c(c1C)/C=C1/N/C(=C3\c4[nH]c(c(C)c4C(=O)[C@@H]3[C@@]3(O)N[O+]3C)/C=c3\[nH]/c(c(C=O)c3CC)=C\2)[C@@H](CCC(=O)OC/C=C(\C)CCC)[C@@H]1C. The van der Waals surface area contributed by atoms with Gasteiger partial charge in [-0.2, -0.15) is 0 Å². The standard InChI is InChI=1S/C42H49N5O6/c1-9-12-21(4)15-16-52-35(49)14-13-27-23(6)30-17-29-22(5)25(10-2)32(43-29)19-34-28(20-48)26(11-3)33(44-34)18-31-24(7)36-40(46-31)37(39(27)45-30)38(41(36)50)42(51)47-53(42)8/h10,15,17-20,23,27,38,43-44,47,51H,2,9,11-14,16H2,1,3-8H3,(H-,45,46,48,50)/p+1/b21-15+,30-17+,34-19-/t23-,27-,38+,42-/m0/s1. The first-order valence-corrected chi connectivity index (χ1v) is 18.6. The Hall–Kier alpha value is -4.97. The monoisotopic (exact) mass is 720 g/mol. The molecule has 11 nitrogen and oxygen atoms in total. The summed E-state index contributed by atoms with van der Waals surface area (Å²) in [6, 6.07) is 0. The molecule has 11 heteroatoms. The normalized spacial score (nSPS) is 27.0. The smallest absolute Gasteiger partial charge is 0.433 e. The van der Waals surface area contributed by atoms with E-state index in [1.807, 2.05) is 52.0 Å². The lowest BCUT2D eigenvalue weighted by molar-refractivity contribution is -0.142. The van der Waals surface area contributed by atoms with Crippen molar-refractivity contribution in [3.8, 4) is 0 Å². The number of hydrogen-bond donors (Lipinski definition) is 6. The molecule has 0 saturated carbocycles. The Balaban J connectivity index is 1.44. The van der Waals surface area contributed by atoms with Gasteiger partial charge in [-0.05, 0) is 81.0 Å². The lowest BCUT2D eigenvalue weighted by atomic mass is 9.84. The highest BCUT2D eigenvalue weighted by Crippen LogP contribution is 2.53. The Kier molecular flexibility index (Phi) is 9.46. The summed E-state index contributed by atoms with van der Waals surface area (Å²) in [5, 5.41) is 16.9. The molecule has 0 radical (unpaired) electrons. The molecule has 7 rings (SSSR count). The van der Waals surface area contributed by atoms with E-state index in [1.54, 1.807) is 7.11 Å². The third kappa shape index (κ3) is 6.00. The van der Waals surface area contributed by atoms with Crippen LogP contribution in [-0.4, -0.2) is 57.7 Å². The molecule has 6 N–H and O–H groups in total. The number of aromatic amines is 3. The Morgan fingerprint density at radius 2 is 1.75 bits per heavy atom. The van der Waals surface area contributed by atoms with Crippen LogP contribution in [-0.2, 0) is 20.4 Å². The maximum atomic E-state index is 14.5. The van der Waals surface area contributed by atoms with E-state index in [0.717, 1.165) is 75.2 Å². The van der Waals surface area contributed by atoms with Gasteiger partial charge in [-0.25, -0.2) is 0 Å². The second-order valence-corrected chi connectivity index (χ2v) is 14.8. The van der Waals surface area contributed by atoms with E-state index in [1.165, 1.54) is 5.57 Å². The number of ketones is 1. The number of hydroxylamine groups is 1. The highest BCUT2D eigenvalue weighted by molar-refractivity contribution is 6.16. The van der Waals surface area contributed by atoms with Crippen molar-refractivity contribution in [2.45, 2.75) is 79.6 Å². The second kappa shape index (κ2) is 13.8. The topological polar surface area (TPSA) is 165 Å². The van der Waals surface area contributed by atoms with Gasteiger partial charge in [0.25, 0.3) is 0 Å². The van der Waals surface area contributed by atoms with E-state index in [-0.39, 0.29) is 36.6 Å². The number of carbonyl (C=O) groups excluding carboxylic acids is 3. The Bertz CT molecular complexity index is 2280. The minimum Gasteiger partial charge on any atom is -0.461 e. The van der Waals surface area contributed by atoms with Crippen molar-refractivity contribution in [2.24, 2.45) is 17.8 Å². The first kappa shape index (κ1) is 36.4. The third-order valence-electron chi connectivity index (χ3n) is 11.6. The van der Waals surface area contributed by atoms with Crippen LogP contribution < -0.4 is 21.5 Å². The number of aliphatic hydroxyl groups is 1. The zero-order valence-electron chi connectivity index (χ0n) is 31.6. The maximum absolute atomic E-state index is 14.5. The number of aldehydes is 1. The number of allylic oxidation sites excluding steroid dienone is 3. The van der Waals surface area contributed by atoms with Gasteiger partial charge in [-0.3, -0.25) is 18.9 Å². The summed E-state index contributed by atoms with van der Waals surface area (Å²) in [5.74, 6) is -3.43. The number of hydrogen-bond acceptors (Lipinski definition) is 7. The Labute approximate surface area is 309 Å². The van der Waals surface area contributed by atoms with Gasteiger partial charge in [0.15, 0.2) is 25.1 Å². The van der Waals surface area contributed by atoms with Gasteiger partial charge in [0.05, 0.1) is 11.0 Å². The molecule has 0 unspecified atom stereocenters. The van der Waals surface area contributed by atoms with Crippen molar-refractivity contribution < 1.29 is 28.7 Å².